The molecule has 1 unspecified atom stereocenters. The van der Waals surface area contributed by atoms with Crippen LogP contribution < -0.4 is 5.32 Å². The Hall–Kier alpha value is -1.35. The van der Waals surface area contributed by atoms with Crippen molar-refractivity contribution in [1.82, 2.24) is 10.2 Å². The Morgan fingerprint density at radius 3 is 2.50 bits per heavy atom. The first kappa shape index (κ1) is 15.0. The smallest absolute Gasteiger partial charge is 0.236 e. The van der Waals surface area contributed by atoms with Crippen molar-refractivity contribution in [3.63, 3.8) is 0 Å². The Morgan fingerprint density at radius 1 is 1.20 bits per heavy atom. The van der Waals surface area contributed by atoms with E-state index < -0.39 is 0 Å². The number of aryl methyl sites for hydroxylation is 1. The van der Waals surface area contributed by atoms with Crippen LogP contribution in [-0.2, 0) is 4.79 Å². The van der Waals surface area contributed by atoms with Crippen LogP contribution >= 0.6 is 0 Å². The summed E-state index contributed by atoms with van der Waals surface area (Å²) >= 11 is 0. The minimum Gasteiger partial charge on any atom is -0.342 e. The van der Waals surface area contributed by atoms with E-state index in [2.05, 4.69) is 37.4 Å². The van der Waals surface area contributed by atoms with Crippen molar-refractivity contribution in [2.24, 2.45) is 0 Å². The lowest BCUT2D eigenvalue weighted by Crippen LogP contribution is -2.39. The highest BCUT2D eigenvalue weighted by molar-refractivity contribution is 5.78. The first-order valence-electron chi connectivity index (χ1n) is 7.75. The normalized spacial score (nSPS) is 17.6. The van der Waals surface area contributed by atoms with Crippen molar-refractivity contribution in [1.29, 1.82) is 0 Å². The Labute approximate surface area is 122 Å². The second-order valence-corrected chi connectivity index (χ2v) is 5.75. The quantitative estimate of drug-likeness (QED) is 0.915. The molecule has 0 saturated carbocycles. The average molecular weight is 274 g/mol. The van der Waals surface area contributed by atoms with E-state index in [1.54, 1.807) is 0 Å². The summed E-state index contributed by atoms with van der Waals surface area (Å²) in [6.45, 7) is 6.54. The molecule has 0 radical (unpaired) electrons. The van der Waals surface area contributed by atoms with Crippen molar-refractivity contribution in [2.75, 3.05) is 19.6 Å². The van der Waals surface area contributed by atoms with Crippen LogP contribution in [0.1, 0.15) is 49.8 Å². The van der Waals surface area contributed by atoms with E-state index in [0.29, 0.717) is 6.54 Å². The van der Waals surface area contributed by atoms with Gasteiger partial charge >= 0.3 is 0 Å². The highest BCUT2D eigenvalue weighted by Gasteiger charge is 2.16. The van der Waals surface area contributed by atoms with Gasteiger partial charge in [-0.15, -0.1) is 0 Å². The monoisotopic (exact) mass is 274 g/mol. The second kappa shape index (κ2) is 7.44. The molecular weight excluding hydrogens is 248 g/mol. The van der Waals surface area contributed by atoms with Crippen molar-refractivity contribution >= 4 is 5.91 Å². The molecule has 20 heavy (non-hydrogen) atoms. The topological polar surface area (TPSA) is 32.3 Å². The molecular formula is C17H26N2O. The van der Waals surface area contributed by atoms with E-state index in [4.69, 9.17) is 0 Å². The number of benzene rings is 1. The maximum atomic E-state index is 12.2. The summed E-state index contributed by atoms with van der Waals surface area (Å²) in [4.78, 5) is 14.3. The summed E-state index contributed by atoms with van der Waals surface area (Å²) in [5.41, 5.74) is 2.55. The summed E-state index contributed by atoms with van der Waals surface area (Å²) in [5, 5.41) is 3.37. The van der Waals surface area contributed by atoms with Crippen LogP contribution in [0.2, 0.25) is 0 Å². The average Bonchev–Trinajstić information content (AvgIpc) is 2.74. The fourth-order valence-corrected chi connectivity index (χ4v) is 2.85. The summed E-state index contributed by atoms with van der Waals surface area (Å²) < 4.78 is 0. The number of hydrogen-bond acceptors (Lipinski definition) is 2. The predicted molar refractivity (Wildman–Crippen MR) is 82.6 cm³/mol. The molecule has 1 fully saturated rings. The van der Waals surface area contributed by atoms with Crippen molar-refractivity contribution < 1.29 is 4.79 Å². The molecule has 0 aliphatic carbocycles. The summed E-state index contributed by atoms with van der Waals surface area (Å²) in [6.07, 6.45) is 4.83. The van der Waals surface area contributed by atoms with E-state index >= 15 is 0 Å². The molecule has 3 nitrogen and oxygen atoms in total. The molecule has 1 amide bonds. The zero-order valence-electron chi connectivity index (χ0n) is 12.7. The van der Waals surface area contributed by atoms with Crippen LogP contribution in [0.4, 0.5) is 0 Å². The van der Waals surface area contributed by atoms with Gasteiger partial charge in [-0.05, 0) is 37.8 Å². The molecule has 1 aromatic carbocycles. The Kier molecular flexibility index (Phi) is 5.60. The lowest BCUT2D eigenvalue weighted by molar-refractivity contribution is -0.130. The van der Waals surface area contributed by atoms with Crippen LogP contribution in [0.5, 0.6) is 0 Å². The molecule has 1 saturated heterocycles. The summed E-state index contributed by atoms with van der Waals surface area (Å²) in [7, 11) is 0. The van der Waals surface area contributed by atoms with E-state index in [1.807, 2.05) is 11.0 Å². The SMILES string of the molecule is Cc1ccccc1C(C)NCC(=O)N1CCCCCC1. The third-order valence-corrected chi connectivity index (χ3v) is 4.17. The van der Waals surface area contributed by atoms with E-state index in [1.165, 1.54) is 24.0 Å². The standard InChI is InChI=1S/C17H26N2O/c1-14-9-5-6-10-16(14)15(2)18-13-17(20)19-11-7-3-4-8-12-19/h5-6,9-10,15,18H,3-4,7-8,11-13H2,1-2H3. The van der Waals surface area contributed by atoms with Crippen LogP contribution in [0.3, 0.4) is 0 Å². The molecule has 1 N–H and O–H groups in total. The van der Waals surface area contributed by atoms with Crippen LogP contribution in [0, 0.1) is 6.92 Å². The third-order valence-electron chi connectivity index (χ3n) is 4.17. The highest BCUT2D eigenvalue weighted by atomic mass is 16.2. The van der Waals surface area contributed by atoms with E-state index in [0.717, 1.165) is 25.9 Å². The highest BCUT2D eigenvalue weighted by Crippen LogP contribution is 2.16. The molecule has 1 aromatic rings. The van der Waals surface area contributed by atoms with Gasteiger partial charge in [-0.1, -0.05) is 37.1 Å². The first-order chi connectivity index (χ1) is 9.68. The molecule has 2 rings (SSSR count). The molecule has 1 atom stereocenters. The van der Waals surface area contributed by atoms with Crippen LogP contribution in [-0.4, -0.2) is 30.4 Å². The molecule has 110 valence electrons. The fraction of sp³-hybridized carbons (Fsp3) is 0.588. The lowest BCUT2D eigenvalue weighted by Gasteiger charge is -2.22. The number of likely N-dealkylation sites (tertiary alicyclic amines) is 1. The number of nitrogens with zero attached hydrogens (tertiary/aromatic N) is 1. The second-order valence-electron chi connectivity index (χ2n) is 5.75. The minimum atomic E-state index is 0.215. The Balaban J connectivity index is 1.85. The molecule has 1 aliphatic rings. The number of amides is 1. The molecule has 0 bridgehead atoms. The largest absolute Gasteiger partial charge is 0.342 e. The molecule has 3 heteroatoms. The summed E-state index contributed by atoms with van der Waals surface area (Å²) in [6, 6.07) is 8.56. The number of carbonyl (C=O) groups is 1. The minimum absolute atomic E-state index is 0.215. The third kappa shape index (κ3) is 4.07. The molecule has 1 aliphatic heterocycles. The van der Waals surface area contributed by atoms with Gasteiger partial charge in [-0.2, -0.15) is 0 Å². The van der Waals surface area contributed by atoms with Gasteiger partial charge < -0.3 is 10.2 Å². The predicted octanol–water partition coefficient (Wildman–Crippen LogP) is 3.05. The van der Waals surface area contributed by atoms with Gasteiger partial charge in [0.2, 0.25) is 5.91 Å². The van der Waals surface area contributed by atoms with Crippen molar-refractivity contribution in [3.8, 4) is 0 Å². The zero-order chi connectivity index (χ0) is 14.4. The Morgan fingerprint density at radius 2 is 1.85 bits per heavy atom. The van der Waals surface area contributed by atoms with Crippen molar-refractivity contribution in [3.05, 3.63) is 35.4 Å². The number of carbonyl (C=O) groups excluding carboxylic acids is 1. The number of nitrogens with one attached hydrogen (secondary N) is 1. The van der Waals surface area contributed by atoms with E-state index in [-0.39, 0.29) is 11.9 Å². The maximum absolute atomic E-state index is 12.2. The van der Waals surface area contributed by atoms with Gasteiger partial charge in [-0.3, -0.25) is 4.79 Å². The lowest BCUT2D eigenvalue weighted by atomic mass is 10.0. The van der Waals surface area contributed by atoms with Gasteiger partial charge in [0, 0.05) is 19.1 Å². The Bertz CT molecular complexity index is 436. The number of hydrogen-bond donors (Lipinski definition) is 1. The fourth-order valence-electron chi connectivity index (χ4n) is 2.85. The van der Waals surface area contributed by atoms with Gasteiger partial charge in [0.1, 0.15) is 0 Å². The van der Waals surface area contributed by atoms with Gasteiger partial charge in [0.05, 0.1) is 6.54 Å². The zero-order valence-corrected chi connectivity index (χ0v) is 12.7. The maximum Gasteiger partial charge on any atom is 0.236 e. The number of rotatable bonds is 4. The molecule has 1 heterocycles. The van der Waals surface area contributed by atoms with E-state index in [9.17, 15) is 4.79 Å². The van der Waals surface area contributed by atoms with Gasteiger partial charge in [-0.25, -0.2) is 0 Å². The van der Waals surface area contributed by atoms with Gasteiger partial charge in [0.25, 0.3) is 0 Å². The summed E-state index contributed by atoms with van der Waals surface area (Å²) in [5.74, 6) is 0.243. The molecule has 0 aromatic heterocycles. The van der Waals surface area contributed by atoms with Crippen LogP contribution in [0.25, 0.3) is 0 Å². The van der Waals surface area contributed by atoms with Gasteiger partial charge in [0.15, 0.2) is 0 Å². The first-order valence-corrected chi connectivity index (χ1v) is 7.75. The van der Waals surface area contributed by atoms with Crippen molar-refractivity contribution in [2.45, 2.75) is 45.6 Å². The van der Waals surface area contributed by atoms with Crippen LogP contribution in [0.15, 0.2) is 24.3 Å². The molecule has 0 spiro atoms.